The van der Waals surface area contributed by atoms with E-state index in [1.165, 1.54) is 11.3 Å². The van der Waals surface area contributed by atoms with Crippen LogP contribution < -0.4 is 16.0 Å². The van der Waals surface area contributed by atoms with Gasteiger partial charge in [0.25, 0.3) is 5.91 Å². The summed E-state index contributed by atoms with van der Waals surface area (Å²) in [5.74, 6) is -0.190. The molecule has 0 bridgehead atoms. The first-order valence-electron chi connectivity index (χ1n) is 6.60. The van der Waals surface area contributed by atoms with E-state index in [1.54, 1.807) is 17.5 Å². The Balaban J connectivity index is 1.56. The van der Waals surface area contributed by atoms with Crippen LogP contribution in [-0.4, -0.2) is 23.0 Å². The van der Waals surface area contributed by atoms with Crippen molar-refractivity contribution >= 4 is 34.1 Å². The van der Waals surface area contributed by atoms with Gasteiger partial charge in [-0.15, -0.1) is 11.3 Å². The summed E-state index contributed by atoms with van der Waals surface area (Å²) in [6.45, 7) is 0. The number of para-hydroxylation sites is 1. The van der Waals surface area contributed by atoms with Crippen molar-refractivity contribution in [2.24, 2.45) is 0 Å². The summed E-state index contributed by atoms with van der Waals surface area (Å²) in [6.07, 6.45) is 2.06. The molecule has 7 heteroatoms. The quantitative estimate of drug-likeness (QED) is 0.812. The van der Waals surface area contributed by atoms with Crippen LogP contribution >= 0.6 is 11.3 Å². The number of nitrogens with zero attached hydrogens (tertiary/aromatic N) is 1. The predicted octanol–water partition coefficient (Wildman–Crippen LogP) is 2.68. The van der Waals surface area contributed by atoms with Crippen molar-refractivity contribution in [2.75, 3.05) is 10.6 Å². The zero-order chi connectivity index (χ0) is 14.7. The monoisotopic (exact) mass is 302 g/mol. The van der Waals surface area contributed by atoms with Gasteiger partial charge in [0, 0.05) is 17.1 Å². The molecule has 108 valence electrons. The largest absolute Gasteiger partial charge is 0.348 e. The van der Waals surface area contributed by atoms with Gasteiger partial charge in [-0.2, -0.15) is 0 Å². The summed E-state index contributed by atoms with van der Waals surface area (Å²) in [5, 5.41) is 10.2. The minimum atomic E-state index is -0.385. The summed E-state index contributed by atoms with van der Waals surface area (Å²) in [6, 6.07) is 9.01. The normalized spacial score (nSPS) is 13.5. The highest BCUT2D eigenvalue weighted by atomic mass is 32.1. The Labute approximate surface area is 125 Å². The fraction of sp³-hybridized carbons (Fsp3) is 0.214. The smallest absolute Gasteiger partial charge is 0.325 e. The molecule has 6 nitrogen and oxygen atoms in total. The third-order valence-corrected chi connectivity index (χ3v) is 3.66. The SMILES string of the molecule is O=C(Nc1ccccc1)Nc1nc(C(=O)NC2CC2)cs1. The molecule has 1 saturated carbocycles. The molecule has 3 amide bonds. The number of aromatic nitrogens is 1. The van der Waals surface area contributed by atoms with E-state index < -0.39 is 0 Å². The Morgan fingerprint density at radius 2 is 1.90 bits per heavy atom. The van der Waals surface area contributed by atoms with E-state index in [2.05, 4.69) is 20.9 Å². The second-order valence-electron chi connectivity index (χ2n) is 4.73. The number of anilines is 2. The number of carbonyl (C=O) groups excluding carboxylic acids is 2. The van der Waals surface area contributed by atoms with Gasteiger partial charge < -0.3 is 10.6 Å². The Kier molecular flexibility index (Phi) is 3.83. The van der Waals surface area contributed by atoms with Crippen LogP contribution in [0.4, 0.5) is 15.6 Å². The number of hydrogen-bond acceptors (Lipinski definition) is 4. The average Bonchev–Trinajstić information content (AvgIpc) is 3.16. The van der Waals surface area contributed by atoms with Crippen LogP contribution in [0.5, 0.6) is 0 Å². The number of amides is 3. The van der Waals surface area contributed by atoms with Crippen LogP contribution in [0.1, 0.15) is 23.3 Å². The fourth-order valence-corrected chi connectivity index (χ4v) is 2.39. The number of urea groups is 1. The summed E-state index contributed by atoms with van der Waals surface area (Å²) in [4.78, 5) is 27.7. The topological polar surface area (TPSA) is 83.1 Å². The van der Waals surface area contributed by atoms with Crippen LogP contribution in [0.15, 0.2) is 35.7 Å². The van der Waals surface area contributed by atoms with Gasteiger partial charge in [0.15, 0.2) is 5.13 Å². The van der Waals surface area contributed by atoms with Crippen molar-refractivity contribution in [3.63, 3.8) is 0 Å². The van der Waals surface area contributed by atoms with Crippen LogP contribution in [0, 0.1) is 0 Å². The summed E-state index contributed by atoms with van der Waals surface area (Å²) in [7, 11) is 0. The van der Waals surface area contributed by atoms with Crippen LogP contribution in [0.2, 0.25) is 0 Å². The minimum Gasteiger partial charge on any atom is -0.348 e. The highest BCUT2D eigenvalue weighted by molar-refractivity contribution is 7.14. The highest BCUT2D eigenvalue weighted by Gasteiger charge is 2.24. The van der Waals surface area contributed by atoms with Gasteiger partial charge in [-0.3, -0.25) is 10.1 Å². The first-order valence-corrected chi connectivity index (χ1v) is 7.48. The number of thiazole rings is 1. The standard InChI is InChI=1S/C14H14N4O2S/c19-12(15-10-6-7-10)11-8-21-14(17-11)18-13(20)16-9-4-2-1-3-5-9/h1-5,8,10H,6-7H2,(H,15,19)(H2,16,17,18,20). The van der Waals surface area contributed by atoms with Crippen molar-refractivity contribution in [3.05, 3.63) is 41.4 Å². The van der Waals surface area contributed by atoms with E-state index in [0.717, 1.165) is 12.8 Å². The van der Waals surface area contributed by atoms with Crippen LogP contribution in [-0.2, 0) is 0 Å². The number of nitrogens with one attached hydrogen (secondary N) is 3. The molecular formula is C14H14N4O2S. The van der Waals surface area contributed by atoms with E-state index in [0.29, 0.717) is 16.5 Å². The molecule has 0 unspecified atom stereocenters. The van der Waals surface area contributed by atoms with E-state index in [4.69, 9.17) is 0 Å². The van der Waals surface area contributed by atoms with Gasteiger partial charge >= 0.3 is 6.03 Å². The summed E-state index contributed by atoms with van der Waals surface area (Å²) in [5.41, 5.74) is 1.03. The number of carbonyl (C=O) groups is 2. The average molecular weight is 302 g/mol. The Hall–Kier alpha value is -2.41. The first kappa shape index (κ1) is 13.6. The maximum absolute atomic E-state index is 11.8. The predicted molar refractivity (Wildman–Crippen MR) is 81.7 cm³/mol. The lowest BCUT2D eigenvalue weighted by molar-refractivity contribution is 0.0947. The molecule has 0 radical (unpaired) electrons. The molecule has 1 aromatic heterocycles. The molecule has 1 aliphatic carbocycles. The van der Waals surface area contributed by atoms with Crippen molar-refractivity contribution in [1.29, 1.82) is 0 Å². The fourth-order valence-electron chi connectivity index (χ4n) is 1.70. The third kappa shape index (κ3) is 3.79. The number of benzene rings is 1. The molecule has 1 aromatic carbocycles. The molecule has 21 heavy (non-hydrogen) atoms. The molecule has 0 aliphatic heterocycles. The number of rotatable bonds is 4. The molecule has 1 fully saturated rings. The van der Waals surface area contributed by atoms with E-state index >= 15 is 0 Å². The number of hydrogen-bond donors (Lipinski definition) is 3. The lowest BCUT2D eigenvalue weighted by atomic mass is 10.3. The second kappa shape index (κ2) is 5.92. The maximum Gasteiger partial charge on any atom is 0.325 e. The molecule has 3 N–H and O–H groups in total. The molecular weight excluding hydrogens is 288 g/mol. The van der Waals surface area contributed by atoms with Crippen molar-refractivity contribution in [2.45, 2.75) is 18.9 Å². The van der Waals surface area contributed by atoms with Gasteiger partial charge in [0.05, 0.1) is 0 Å². The van der Waals surface area contributed by atoms with Crippen molar-refractivity contribution in [1.82, 2.24) is 10.3 Å². The molecule has 0 saturated heterocycles. The van der Waals surface area contributed by atoms with Gasteiger partial charge in [-0.1, -0.05) is 18.2 Å². The molecule has 2 aromatic rings. The maximum atomic E-state index is 11.8. The van der Waals surface area contributed by atoms with Gasteiger partial charge in [0.2, 0.25) is 0 Å². The Morgan fingerprint density at radius 1 is 1.14 bits per heavy atom. The molecule has 0 spiro atoms. The van der Waals surface area contributed by atoms with Crippen molar-refractivity contribution < 1.29 is 9.59 Å². The van der Waals surface area contributed by atoms with Gasteiger partial charge in [0.1, 0.15) is 5.69 Å². The van der Waals surface area contributed by atoms with E-state index in [9.17, 15) is 9.59 Å². The molecule has 3 rings (SSSR count). The first-order chi connectivity index (χ1) is 10.2. The lowest BCUT2D eigenvalue weighted by Gasteiger charge is -2.04. The third-order valence-electron chi connectivity index (χ3n) is 2.90. The lowest BCUT2D eigenvalue weighted by Crippen LogP contribution is -2.25. The molecule has 1 heterocycles. The van der Waals surface area contributed by atoms with Crippen molar-refractivity contribution in [3.8, 4) is 0 Å². The molecule has 1 aliphatic rings. The summed E-state index contributed by atoms with van der Waals surface area (Å²) >= 11 is 1.22. The van der Waals surface area contributed by atoms with Gasteiger partial charge in [-0.25, -0.2) is 9.78 Å². The van der Waals surface area contributed by atoms with Crippen LogP contribution in [0.25, 0.3) is 0 Å². The second-order valence-corrected chi connectivity index (χ2v) is 5.59. The van der Waals surface area contributed by atoms with Crippen LogP contribution in [0.3, 0.4) is 0 Å². The Bertz CT molecular complexity index is 652. The zero-order valence-electron chi connectivity index (χ0n) is 11.1. The van der Waals surface area contributed by atoms with E-state index in [-0.39, 0.29) is 18.0 Å². The minimum absolute atomic E-state index is 0.190. The highest BCUT2D eigenvalue weighted by Crippen LogP contribution is 2.21. The van der Waals surface area contributed by atoms with E-state index in [1.807, 2.05) is 18.2 Å². The molecule has 0 atom stereocenters. The zero-order valence-corrected chi connectivity index (χ0v) is 11.9. The van der Waals surface area contributed by atoms with Gasteiger partial charge in [-0.05, 0) is 25.0 Å². The summed E-state index contributed by atoms with van der Waals surface area (Å²) < 4.78 is 0. The Morgan fingerprint density at radius 3 is 2.62 bits per heavy atom.